The number of nitrogens with one attached hydrogen (secondary N) is 1. The second-order valence-corrected chi connectivity index (χ2v) is 1.74. The van der Waals surface area contributed by atoms with Crippen molar-refractivity contribution in [2.24, 2.45) is 0 Å². The molecule has 0 aromatic heterocycles. The Hall–Kier alpha value is -1.99. The molecule has 0 saturated carbocycles. The van der Waals surface area contributed by atoms with Gasteiger partial charge in [-0.25, -0.2) is 0 Å². The zero-order valence-electron chi connectivity index (χ0n) is 6.05. The summed E-state index contributed by atoms with van der Waals surface area (Å²) in [5, 5.41) is 27.4. The van der Waals surface area contributed by atoms with E-state index in [0.29, 0.717) is 5.70 Å². The fourth-order valence-corrected chi connectivity index (χ4v) is 0.453. The van der Waals surface area contributed by atoms with E-state index < -0.39 is 0 Å². The molecule has 0 aliphatic heterocycles. The van der Waals surface area contributed by atoms with E-state index >= 15 is 0 Å². The molecular formula is C7H6N4. The molecule has 0 heterocycles. The highest BCUT2D eigenvalue weighted by Gasteiger charge is 1.97. The van der Waals surface area contributed by atoms with E-state index in [9.17, 15) is 0 Å². The minimum absolute atomic E-state index is 0.0141. The zero-order chi connectivity index (χ0) is 8.69. The summed E-state index contributed by atoms with van der Waals surface area (Å²) in [5.74, 6) is 0. The van der Waals surface area contributed by atoms with Crippen molar-refractivity contribution in [2.45, 2.75) is 6.92 Å². The first kappa shape index (κ1) is 9.01. The Morgan fingerprint density at radius 3 is 2.18 bits per heavy atom. The van der Waals surface area contributed by atoms with Crippen LogP contribution in [0.15, 0.2) is 11.3 Å². The largest absolute Gasteiger partial charge is 0.374 e. The molecule has 54 valence electrons. The molecule has 0 saturated heterocycles. The molecule has 4 heteroatoms. The molecule has 0 aliphatic carbocycles. The standard InChI is InChI=1S/C7H6N4/c1-6(11-3-2-8)7(4-9)5-10/h11H,3H2,1H3. The van der Waals surface area contributed by atoms with Crippen LogP contribution in [-0.2, 0) is 0 Å². The summed E-state index contributed by atoms with van der Waals surface area (Å²) in [5.41, 5.74) is 0.455. The molecule has 0 spiro atoms. The molecule has 0 atom stereocenters. The van der Waals surface area contributed by atoms with E-state index in [1.807, 2.05) is 6.07 Å². The van der Waals surface area contributed by atoms with Gasteiger partial charge in [0, 0.05) is 5.70 Å². The van der Waals surface area contributed by atoms with Crippen LogP contribution in [-0.4, -0.2) is 6.54 Å². The highest BCUT2D eigenvalue weighted by atomic mass is 14.9. The van der Waals surface area contributed by atoms with Crippen LogP contribution in [0, 0.1) is 34.0 Å². The number of nitrogens with zero attached hydrogens (tertiary/aromatic N) is 3. The van der Waals surface area contributed by atoms with Crippen molar-refractivity contribution in [3.63, 3.8) is 0 Å². The van der Waals surface area contributed by atoms with E-state index in [1.165, 1.54) is 0 Å². The molecule has 1 N–H and O–H groups in total. The molecule has 0 radical (unpaired) electrons. The summed E-state index contributed by atoms with van der Waals surface area (Å²) >= 11 is 0. The minimum atomic E-state index is 0.0141. The Balaban J connectivity index is 4.33. The van der Waals surface area contributed by atoms with Crippen LogP contribution in [0.1, 0.15) is 6.92 Å². The SMILES string of the molecule is CC(NCC#N)=C(C#N)C#N. The van der Waals surface area contributed by atoms with Gasteiger partial charge in [0.15, 0.2) is 0 Å². The third kappa shape index (κ3) is 2.89. The maximum atomic E-state index is 8.34. The summed E-state index contributed by atoms with van der Waals surface area (Å²) in [4.78, 5) is 0. The molecule has 11 heavy (non-hydrogen) atoms. The molecule has 0 aromatic rings. The van der Waals surface area contributed by atoms with Gasteiger partial charge in [0.1, 0.15) is 24.3 Å². The van der Waals surface area contributed by atoms with E-state index in [2.05, 4.69) is 5.32 Å². The van der Waals surface area contributed by atoms with Gasteiger partial charge in [-0.1, -0.05) is 0 Å². The van der Waals surface area contributed by atoms with Gasteiger partial charge < -0.3 is 5.32 Å². The number of allylic oxidation sites excluding steroid dienone is 2. The Labute approximate surface area is 65.0 Å². The molecule has 4 nitrogen and oxygen atoms in total. The lowest BCUT2D eigenvalue weighted by Crippen LogP contribution is -2.12. The van der Waals surface area contributed by atoms with Gasteiger partial charge in [0.05, 0.1) is 6.07 Å². The van der Waals surface area contributed by atoms with Gasteiger partial charge >= 0.3 is 0 Å². The monoisotopic (exact) mass is 146 g/mol. The molecule has 0 bridgehead atoms. The van der Waals surface area contributed by atoms with Crippen molar-refractivity contribution in [3.8, 4) is 18.2 Å². The van der Waals surface area contributed by atoms with Gasteiger partial charge in [-0.05, 0) is 6.92 Å². The van der Waals surface area contributed by atoms with E-state index in [0.717, 1.165) is 0 Å². The lowest BCUT2D eigenvalue weighted by molar-refractivity contribution is 0.905. The quantitative estimate of drug-likeness (QED) is 0.452. The number of hydrogen-bond acceptors (Lipinski definition) is 4. The highest BCUT2D eigenvalue weighted by Crippen LogP contribution is 1.95. The van der Waals surface area contributed by atoms with Crippen LogP contribution in [0.3, 0.4) is 0 Å². The lowest BCUT2D eigenvalue weighted by atomic mass is 10.2. The average molecular weight is 146 g/mol. The maximum Gasteiger partial charge on any atom is 0.148 e. The fraction of sp³-hybridized carbons (Fsp3) is 0.286. The maximum absolute atomic E-state index is 8.34. The smallest absolute Gasteiger partial charge is 0.148 e. The van der Waals surface area contributed by atoms with Crippen LogP contribution < -0.4 is 5.32 Å². The molecule has 0 amide bonds. The molecular weight excluding hydrogens is 140 g/mol. The molecule has 0 fully saturated rings. The van der Waals surface area contributed by atoms with Crippen molar-refractivity contribution in [3.05, 3.63) is 11.3 Å². The zero-order valence-corrected chi connectivity index (χ0v) is 6.05. The first-order valence-corrected chi connectivity index (χ1v) is 2.88. The summed E-state index contributed by atoms with van der Waals surface area (Å²) < 4.78 is 0. The van der Waals surface area contributed by atoms with Crippen molar-refractivity contribution < 1.29 is 0 Å². The lowest BCUT2D eigenvalue weighted by Gasteiger charge is -1.98. The summed E-state index contributed by atoms with van der Waals surface area (Å²) in [7, 11) is 0. The highest BCUT2D eigenvalue weighted by molar-refractivity contribution is 5.38. The van der Waals surface area contributed by atoms with Crippen molar-refractivity contribution in [2.75, 3.05) is 6.54 Å². The van der Waals surface area contributed by atoms with Gasteiger partial charge in [-0.15, -0.1) is 0 Å². The third-order valence-electron chi connectivity index (χ3n) is 1.03. The van der Waals surface area contributed by atoms with Crippen LogP contribution >= 0.6 is 0 Å². The van der Waals surface area contributed by atoms with Gasteiger partial charge in [-0.3, -0.25) is 0 Å². The van der Waals surface area contributed by atoms with E-state index in [1.54, 1.807) is 19.1 Å². The second kappa shape index (κ2) is 4.85. The summed E-state index contributed by atoms with van der Waals surface area (Å²) in [6.07, 6.45) is 0. The molecule has 0 unspecified atom stereocenters. The third-order valence-corrected chi connectivity index (χ3v) is 1.03. The topological polar surface area (TPSA) is 83.4 Å². The normalized spacial score (nSPS) is 6.73. The predicted octanol–water partition coefficient (Wildman–Crippen LogP) is 0.421. The second-order valence-electron chi connectivity index (χ2n) is 1.74. The van der Waals surface area contributed by atoms with Gasteiger partial charge in [0.25, 0.3) is 0 Å². The minimum Gasteiger partial charge on any atom is -0.374 e. The average Bonchev–Trinajstić information content (AvgIpc) is 2.03. The van der Waals surface area contributed by atoms with Gasteiger partial charge in [-0.2, -0.15) is 15.8 Å². The molecule has 0 aliphatic rings. The Kier molecular flexibility index (Phi) is 3.97. The Bertz CT molecular complexity index is 265. The first-order valence-electron chi connectivity index (χ1n) is 2.88. The first-order chi connectivity index (χ1) is 5.26. The summed E-state index contributed by atoms with van der Waals surface area (Å²) in [6.45, 7) is 1.69. The fourth-order valence-electron chi connectivity index (χ4n) is 0.453. The van der Waals surface area contributed by atoms with Crippen LogP contribution in [0.4, 0.5) is 0 Å². The Morgan fingerprint density at radius 2 is 1.82 bits per heavy atom. The van der Waals surface area contributed by atoms with Crippen LogP contribution in [0.25, 0.3) is 0 Å². The number of nitriles is 3. The van der Waals surface area contributed by atoms with Gasteiger partial charge in [0.2, 0.25) is 0 Å². The molecule has 0 rings (SSSR count). The number of rotatable bonds is 2. The molecule has 0 aromatic carbocycles. The Morgan fingerprint density at radius 1 is 1.27 bits per heavy atom. The number of hydrogen-bond donors (Lipinski definition) is 1. The summed E-state index contributed by atoms with van der Waals surface area (Å²) in [6, 6.07) is 5.25. The van der Waals surface area contributed by atoms with Crippen molar-refractivity contribution in [1.82, 2.24) is 5.32 Å². The van der Waals surface area contributed by atoms with E-state index in [-0.39, 0.29) is 12.1 Å². The van der Waals surface area contributed by atoms with E-state index in [4.69, 9.17) is 15.8 Å². The van der Waals surface area contributed by atoms with Crippen molar-refractivity contribution in [1.29, 1.82) is 15.8 Å². The predicted molar refractivity (Wildman–Crippen MR) is 37.5 cm³/mol. The van der Waals surface area contributed by atoms with Crippen LogP contribution in [0.5, 0.6) is 0 Å². The van der Waals surface area contributed by atoms with Crippen LogP contribution in [0.2, 0.25) is 0 Å². The van der Waals surface area contributed by atoms with Crippen molar-refractivity contribution >= 4 is 0 Å².